The van der Waals surface area contributed by atoms with E-state index in [0.29, 0.717) is 37.6 Å². The van der Waals surface area contributed by atoms with E-state index >= 15 is 0 Å². The molecule has 0 spiro atoms. The number of carbonyl (C=O) groups excluding carboxylic acids is 1. The first kappa shape index (κ1) is 17.4. The van der Waals surface area contributed by atoms with Gasteiger partial charge in [-0.2, -0.15) is 0 Å². The number of benzene rings is 2. The van der Waals surface area contributed by atoms with E-state index in [-0.39, 0.29) is 5.91 Å². The Balaban J connectivity index is 1.86. The Morgan fingerprint density at radius 2 is 2.00 bits per heavy atom. The molecule has 0 bridgehead atoms. The van der Waals surface area contributed by atoms with Crippen molar-refractivity contribution in [2.24, 2.45) is 0 Å². The van der Waals surface area contributed by atoms with E-state index in [1.54, 1.807) is 6.07 Å². The molecule has 4 nitrogen and oxygen atoms in total. The highest BCUT2D eigenvalue weighted by atomic mass is 19.1. The lowest BCUT2D eigenvalue weighted by Gasteiger charge is -2.29. The van der Waals surface area contributed by atoms with E-state index in [9.17, 15) is 9.18 Å². The minimum absolute atomic E-state index is 0.294. The molecule has 132 valence electrons. The fourth-order valence-electron chi connectivity index (χ4n) is 3.10. The molecule has 3 rings (SSSR count). The summed E-state index contributed by atoms with van der Waals surface area (Å²) in [6.07, 6.45) is 0.819. The van der Waals surface area contributed by atoms with Crippen LogP contribution in [0.4, 0.5) is 15.8 Å². The number of halogens is 1. The number of para-hydroxylation sites is 1. The van der Waals surface area contributed by atoms with E-state index in [2.05, 4.69) is 5.32 Å². The van der Waals surface area contributed by atoms with Crippen molar-refractivity contribution >= 4 is 17.3 Å². The predicted molar refractivity (Wildman–Crippen MR) is 97.9 cm³/mol. The van der Waals surface area contributed by atoms with Crippen LogP contribution in [-0.4, -0.2) is 32.2 Å². The van der Waals surface area contributed by atoms with Gasteiger partial charge in [0, 0.05) is 30.0 Å². The molecule has 0 aliphatic carbocycles. The second-order valence-corrected chi connectivity index (χ2v) is 6.21. The van der Waals surface area contributed by atoms with Crippen LogP contribution in [0, 0.1) is 12.7 Å². The molecule has 2 aromatic rings. The summed E-state index contributed by atoms with van der Waals surface area (Å²) < 4.78 is 19.4. The van der Waals surface area contributed by atoms with Crippen molar-refractivity contribution < 1.29 is 13.9 Å². The fraction of sp³-hybridized carbons (Fsp3) is 0.350. The van der Waals surface area contributed by atoms with Gasteiger partial charge in [-0.25, -0.2) is 4.39 Å². The lowest BCUT2D eigenvalue weighted by Crippen LogP contribution is -2.36. The van der Waals surface area contributed by atoms with Crippen LogP contribution in [-0.2, 0) is 11.2 Å². The minimum Gasteiger partial charge on any atom is -0.378 e. The highest BCUT2D eigenvalue weighted by Gasteiger charge is 2.16. The SMILES string of the molecule is CCc1cccc(C)c1NC(=O)c1cc(F)cc(N2CCOCC2)c1. The van der Waals surface area contributed by atoms with Gasteiger partial charge in [-0.15, -0.1) is 0 Å². The quantitative estimate of drug-likeness (QED) is 0.919. The van der Waals surface area contributed by atoms with Crippen LogP contribution < -0.4 is 10.2 Å². The summed E-state index contributed by atoms with van der Waals surface area (Å²) in [5.74, 6) is -0.701. The number of hydrogen-bond acceptors (Lipinski definition) is 3. The molecule has 0 atom stereocenters. The van der Waals surface area contributed by atoms with Crippen molar-refractivity contribution in [3.8, 4) is 0 Å². The molecule has 25 heavy (non-hydrogen) atoms. The van der Waals surface area contributed by atoms with Crippen molar-refractivity contribution in [1.82, 2.24) is 0 Å². The van der Waals surface area contributed by atoms with Gasteiger partial charge in [0.15, 0.2) is 0 Å². The summed E-state index contributed by atoms with van der Waals surface area (Å²) in [4.78, 5) is 14.7. The van der Waals surface area contributed by atoms with E-state index in [1.165, 1.54) is 12.1 Å². The number of nitrogens with zero attached hydrogens (tertiary/aromatic N) is 1. The molecule has 1 aliphatic heterocycles. The minimum atomic E-state index is -0.408. The second-order valence-electron chi connectivity index (χ2n) is 6.21. The molecule has 0 radical (unpaired) electrons. The van der Waals surface area contributed by atoms with Crippen LogP contribution in [0.1, 0.15) is 28.4 Å². The summed E-state index contributed by atoms with van der Waals surface area (Å²) in [6.45, 7) is 6.62. The molecule has 0 aromatic heterocycles. The van der Waals surface area contributed by atoms with Gasteiger partial charge < -0.3 is 15.0 Å². The highest BCUT2D eigenvalue weighted by Crippen LogP contribution is 2.24. The molecule has 1 N–H and O–H groups in total. The van der Waals surface area contributed by atoms with Gasteiger partial charge in [-0.3, -0.25) is 4.79 Å². The molecule has 0 unspecified atom stereocenters. The zero-order valence-corrected chi connectivity index (χ0v) is 14.6. The number of hydrogen-bond donors (Lipinski definition) is 1. The first-order valence-electron chi connectivity index (χ1n) is 8.61. The van der Waals surface area contributed by atoms with Gasteiger partial charge in [-0.05, 0) is 42.7 Å². The summed E-state index contributed by atoms with van der Waals surface area (Å²) in [6, 6.07) is 10.4. The maximum absolute atomic E-state index is 14.1. The number of nitrogens with one attached hydrogen (secondary N) is 1. The highest BCUT2D eigenvalue weighted by molar-refractivity contribution is 6.05. The van der Waals surface area contributed by atoms with Crippen molar-refractivity contribution in [2.45, 2.75) is 20.3 Å². The van der Waals surface area contributed by atoms with Crippen molar-refractivity contribution in [1.29, 1.82) is 0 Å². The number of aryl methyl sites for hydroxylation is 2. The van der Waals surface area contributed by atoms with Gasteiger partial charge in [-0.1, -0.05) is 25.1 Å². The van der Waals surface area contributed by atoms with Gasteiger partial charge >= 0.3 is 0 Å². The second kappa shape index (κ2) is 7.66. The van der Waals surface area contributed by atoms with Gasteiger partial charge in [0.05, 0.1) is 13.2 Å². The van der Waals surface area contributed by atoms with E-state index < -0.39 is 5.82 Å². The van der Waals surface area contributed by atoms with Crippen LogP contribution in [0.25, 0.3) is 0 Å². The largest absolute Gasteiger partial charge is 0.378 e. The number of ether oxygens (including phenoxy) is 1. The summed E-state index contributed by atoms with van der Waals surface area (Å²) in [7, 11) is 0. The Morgan fingerprint density at radius 3 is 2.72 bits per heavy atom. The topological polar surface area (TPSA) is 41.6 Å². The Labute approximate surface area is 147 Å². The van der Waals surface area contributed by atoms with E-state index in [0.717, 1.165) is 23.2 Å². The van der Waals surface area contributed by atoms with Crippen LogP contribution in [0.3, 0.4) is 0 Å². The molecule has 1 amide bonds. The molecule has 1 fully saturated rings. The molecule has 1 aliphatic rings. The normalized spacial score (nSPS) is 14.4. The first-order chi connectivity index (χ1) is 12.1. The Morgan fingerprint density at radius 1 is 1.24 bits per heavy atom. The molecule has 0 saturated carbocycles. The van der Waals surface area contributed by atoms with E-state index in [4.69, 9.17) is 4.74 Å². The number of rotatable bonds is 4. The smallest absolute Gasteiger partial charge is 0.255 e. The Kier molecular flexibility index (Phi) is 5.34. The fourth-order valence-corrected chi connectivity index (χ4v) is 3.10. The third-order valence-corrected chi connectivity index (χ3v) is 4.50. The molecule has 5 heteroatoms. The van der Waals surface area contributed by atoms with Crippen LogP contribution in [0.2, 0.25) is 0 Å². The zero-order chi connectivity index (χ0) is 17.8. The summed E-state index contributed by atoms with van der Waals surface area (Å²) >= 11 is 0. The Hall–Kier alpha value is -2.40. The first-order valence-corrected chi connectivity index (χ1v) is 8.61. The standard InChI is InChI=1S/C20H23FN2O2/c1-3-15-6-4-5-14(2)19(15)22-20(24)16-11-17(21)13-18(12-16)23-7-9-25-10-8-23/h4-6,11-13H,3,7-10H2,1-2H3,(H,22,24). The maximum atomic E-state index is 14.1. The van der Waals surface area contributed by atoms with Crippen LogP contribution >= 0.6 is 0 Å². The molecule has 1 heterocycles. The summed E-state index contributed by atoms with van der Waals surface area (Å²) in [5, 5.41) is 2.95. The molecule has 2 aromatic carbocycles. The van der Waals surface area contributed by atoms with Gasteiger partial charge in [0.25, 0.3) is 5.91 Å². The van der Waals surface area contributed by atoms with Crippen molar-refractivity contribution in [3.05, 3.63) is 58.9 Å². The summed E-state index contributed by atoms with van der Waals surface area (Å²) in [5.41, 5.74) is 3.92. The monoisotopic (exact) mass is 342 g/mol. The predicted octanol–water partition coefficient (Wildman–Crippen LogP) is 3.79. The zero-order valence-electron chi connectivity index (χ0n) is 14.6. The maximum Gasteiger partial charge on any atom is 0.255 e. The lowest BCUT2D eigenvalue weighted by atomic mass is 10.1. The molecular weight excluding hydrogens is 319 g/mol. The van der Waals surface area contributed by atoms with Crippen molar-refractivity contribution in [2.75, 3.05) is 36.5 Å². The van der Waals surface area contributed by atoms with Gasteiger partial charge in [0.1, 0.15) is 5.82 Å². The average Bonchev–Trinajstić information content (AvgIpc) is 2.63. The number of anilines is 2. The number of morpholine rings is 1. The van der Waals surface area contributed by atoms with Crippen molar-refractivity contribution in [3.63, 3.8) is 0 Å². The number of carbonyl (C=O) groups is 1. The van der Waals surface area contributed by atoms with Crippen LogP contribution in [0.15, 0.2) is 36.4 Å². The van der Waals surface area contributed by atoms with E-state index in [1.807, 2.05) is 36.9 Å². The average molecular weight is 342 g/mol. The lowest BCUT2D eigenvalue weighted by molar-refractivity contribution is 0.102. The van der Waals surface area contributed by atoms with Gasteiger partial charge in [0.2, 0.25) is 0 Å². The third-order valence-electron chi connectivity index (χ3n) is 4.50. The number of amides is 1. The third kappa shape index (κ3) is 3.99. The molecular formula is C20H23FN2O2. The molecule has 1 saturated heterocycles. The van der Waals surface area contributed by atoms with Crippen LogP contribution in [0.5, 0.6) is 0 Å². The Bertz CT molecular complexity index is 770.